The summed E-state index contributed by atoms with van der Waals surface area (Å²) in [7, 11) is 0. The molecule has 0 aromatic heterocycles. The fraction of sp³-hybridized carbons (Fsp3) is 0.833. The second kappa shape index (κ2) is 2.47. The van der Waals surface area contributed by atoms with Crippen LogP contribution in [0, 0.1) is 6.92 Å². The topological polar surface area (TPSA) is 69.9 Å². The molecule has 0 bridgehead atoms. The molecule has 0 aliphatic carbocycles. The molecular formula is C6H10O4. The summed E-state index contributed by atoms with van der Waals surface area (Å²) in [5.41, 5.74) is -1.57. The Morgan fingerprint density at radius 2 is 2.30 bits per heavy atom. The van der Waals surface area contributed by atoms with Crippen molar-refractivity contribution in [2.24, 2.45) is 0 Å². The zero-order valence-corrected chi connectivity index (χ0v) is 5.40. The maximum atomic E-state index is 9.23. The molecule has 1 aliphatic heterocycles. The van der Waals surface area contributed by atoms with Gasteiger partial charge in [-0.05, 0) is 6.92 Å². The molecule has 1 unspecified atom stereocenters. The molecule has 1 heterocycles. The summed E-state index contributed by atoms with van der Waals surface area (Å²) in [5, 5.41) is 26.9. The molecule has 1 saturated heterocycles. The van der Waals surface area contributed by atoms with Crippen molar-refractivity contribution in [2.45, 2.75) is 17.8 Å². The Morgan fingerprint density at radius 1 is 1.70 bits per heavy atom. The molecule has 3 atom stereocenters. The average molecular weight is 146 g/mol. The predicted molar refractivity (Wildman–Crippen MR) is 32.1 cm³/mol. The fourth-order valence-corrected chi connectivity index (χ4v) is 0.862. The summed E-state index contributed by atoms with van der Waals surface area (Å²) in [6.07, 6.45) is -2.09. The van der Waals surface area contributed by atoms with Crippen LogP contribution in [0.1, 0.15) is 0 Å². The van der Waals surface area contributed by atoms with Crippen molar-refractivity contribution in [3.05, 3.63) is 6.92 Å². The van der Waals surface area contributed by atoms with E-state index in [-0.39, 0.29) is 6.61 Å². The fourth-order valence-electron chi connectivity index (χ4n) is 0.862. The van der Waals surface area contributed by atoms with Crippen LogP contribution in [0.15, 0.2) is 0 Å². The smallest absolute Gasteiger partial charge is 0.139 e. The van der Waals surface area contributed by atoms with Crippen LogP contribution in [0.3, 0.4) is 0 Å². The van der Waals surface area contributed by atoms with E-state index in [1.54, 1.807) is 0 Å². The van der Waals surface area contributed by atoms with Crippen molar-refractivity contribution in [1.29, 1.82) is 0 Å². The lowest BCUT2D eigenvalue weighted by molar-refractivity contribution is -0.0794. The van der Waals surface area contributed by atoms with E-state index in [4.69, 9.17) is 17.1 Å². The highest BCUT2D eigenvalue weighted by Crippen LogP contribution is 2.23. The molecule has 0 aromatic carbocycles. The minimum absolute atomic E-state index is 0.119. The largest absolute Gasteiger partial charge is 0.393 e. The van der Waals surface area contributed by atoms with Crippen molar-refractivity contribution >= 4 is 0 Å². The van der Waals surface area contributed by atoms with Gasteiger partial charge in [0, 0.05) is 0 Å². The molecule has 10 heavy (non-hydrogen) atoms. The first-order valence-corrected chi connectivity index (χ1v) is 2.98. The summed E-state index contributed by atoms with van der Waals surface area (Å²) >= 11 is 0. The van der Waals surface area contributed by atoms with Crippen molar-refractivity contribution in [2.75, 3.05) is 13.2 Å². The van der Waals surface area contributed by atoms with Crippen molar-refractivity contribution in [1.82, 2.24) is 0 Å². The van der Waals surface area contributed by atoms with E-state index < -0.39 is 24.4 Å². The third-order valence-electron chi connectivity index (χ3n) is 1.66. The number of rotatable bonds is 1. The summed E-state index contributed by atoms with van der Waals surface area (Å²) in [5.74, 6) is 0. The number of ether oxygens (including phenoxy) is 1. The maximum Gasteiger partial charge on any atom is 0.139 e. The Labute approximate surface area is 59.1 Å². The first-order valence-electron chi connectivity index (χ1n) is 2.98. The van der Waals surface area contributed by atoms with Crippen LogP contribution in [-0.4, -0.2) is 46.3 Å². The van der Waals surface area contributed by atoms with Gasteiger partial charge >= 0.3 is 0 Å². The van der Waals surface area contributed by atoms with E-state index in [0.717, 1.165) is 0 Å². The molecule has 1 rings (SSSR count). The summed E-state index contributed by atoms with van der Waals surface area (Å²) in [6, 6.07) is 0. The lowest BCUT2D eigenvalue weighted by Gasteiger charge is -2.22. The predicted octanol–water partition coefficient (Wildman–Crippen LogP) is -1.82. The first-order chi connectivity index (χ1) is 4.60. The Hall–Kier alpha value is -0.160. The van der Waals surface area contributed by atoms with Gasteiger partial charge in [-0.1, -0.05) is 0 Å². The summed E-state index contributed by atoms with van der Waals surface area (Å²) in [6.45, 7) is 4.53. The second-order valence-electron chi connectivity index (χ2n) is 2.48. The van der Waals surface area contributed by atoms with E-state index in [1.165, 1.54) is 0 Å². The SMILES string of the molecule is [CH][C@@H]1OC[C@](O)(CO)C1O. The zero-order valence-electron chi connectivity index (χ0n) is 5.40. The monoisotopic (exact) mass is 146 g/mol. The minimum atomic E-state index is -1.57. The van der Waals surface area contributed by atoms with Crippen molar-refractivity contribution in [3.8, 4) is 0 Å². The third-order valence-corrected chi connectivity index (χ3v) is 1.66. The lowest BCUT2D eigenvalue weighted by atomic mass is 9.99. The van der Waals surface area contributed by atoms with E-state index in [2.05, 4.69) is 4.74 Å². The van der Waals surface area contributed by atoms with E-state index >= 15 is 0 Å². The van der Waals surface area contributed by atoms with E-state index in [9.17, 15) is 5.11 Å². The second-order valence-corrected chi connectivity index (χ2v) is 2.48. The van der Waals surface area contributed by atoms with Crippen molar-refractivity contribution < 1.29 is 20.1 Å². The summed E-state index contributed by atoms with van der Waals surface area (Å²) in [4.78, 5) is 0. The molecule has 1 fully saturated rings. The molecule has 2 radical (unpaired) electrons. The van der Waals surface area contributed by atoms with Gasteiger partial charge in [-0.25, -0.2) is 0 Å². The van der Waals surface area contributed by atoms with Gasteiger partial charge in [0.1, 0.15) is 11.7 Å². The molecule has 0 aromatic rings. The van der Waals surface area contributed by atoms with Crippen molar-refractivity contribution in [3.63, 3.8) is 0 Å². The van der Waals surface area contributed by atoms with Gasteiger partial charge in [0.15, 0.2) is 0 Å². The van der Waals surface area contributed by atoms with Gasteiger partial charge in [0.25, 0.3) is 0 Å². The number of hydrogen-bond acceptors (Lipinski definition) is 4. The van der Waals surface area contributed by atoms with Gasteiger partial charge in [-0.3, -0.25) is 0 Å². The highest BCUT2D eigenvalue weighted by atomic mass is 16.5. The van der Waals surface area contributed by atoms with Crippen LogP contribution in [0.2, 0.25) is 0 Å². The third kappa shape index (κ3) is 1.03. The molecule has 4 nitrogen and oxygen atoms in total. The molecular weight excluding hydrogens is 136 g/mol. The molecule has 3 N–H and O–H groups in total. The zero-order chi connectivity index (χ0) is 7.78. The highest BCUT2D eigenvalue weighted by Gasteiger charge is 2.45. The number of aliphatic hydroxyl groups is 3. The van der Waals surface area contributed by atoms with Crippen LogP contribution in [-0.2, 0) is 4.74 Å². The van der Waals surface area contributed by atoms with Crippen LogP contribution in [0.4, 0.5) is 0 Å². The Balaban J connectivity index is 2.64. The quantitative estimate of drug-likeness (QED) is 0.407. The molecule has 58 valence electrons. The molecule has 0 amide bonds. The standard InChI is InChI=1S/C6H10O4/c1-4-5(8)6(9,2-7)3-10-4/h1,4-5,7-9H,2-3H2/t4-,5?,6+/m0/s1. The van der Waals surface area contributed by atoms with Gasteiger partial charge in [0.2, 0.25) is 0 Å². The Bertz CT molecular complexity index is 127. The lowest BCUT2D eigenvalue weighted by Crippen LogP contribution is -2.46. The van der Waals surface area contributed by atoms with Crippen LogP contribution in [0.5, 0.6) is 0 Å². The van der Waals surface area contributed by atoms with E-state index in [1.807, 2.05) is 0 Å². The average Bonchev–Trinajstić information content (AvgIpc) is 2.19. The highest BCUT2D eigenvalue weighted by molar-refractivity contribution is 4.97. The normalized spacial score (nSPS) is 48.0. The van der Waals surface area contributed by atoms with Gasteiger partial charge < -0.3 is 20.1 Å². The van der Waals surface area contributed by atoms with Gasteiger partial charge in [-0.15, -0.1) is 0 Å². The maximum absolute atomic E-state index is 9.23. The first kappa shape index (κ1) is 7.94. The molecule has 0 saturated carbocycles. The molecule has 4 heteroatoms. The number of aliphatic hydroxyl groups excluding tert-OH is 2. The Kier molecular flexibility index (Phi) is 1.96. The Morgan fingerprint density at radius 3 is 2.50 bits per heavy atom. The molecule has 1 aliphatic rings. The summed E-state index contributed by atoms with van der Waals surface area (Å²) < 4.78 is 4.69. The van der Waals surface area contributed by atoms with Crippen LogP contribution >= 0.6 is 0 Å². The van der Waals surface area contributed by atoms with Crippen LogP contribution < -0.4 is 0 Å². The number of hydrogen-bond donors (Lipinski definition) is 3. The minimum Gasteiger partial charge on any atom is -0.393 e. The van der Waals surface area contributed by atoms with Gasteiger partial charge in [-0.2, -0.15) is 0 Å². The van der Waals surface area contributed by atoms with Gasteiger partial charge in [0.05, 0.1) is 19.3 Å². The molecule has 0 spiro atoms. The van der Waals surface area contributed by atoms with E-state index in [0.29, 0.717) is 0 Å². The van der Waals surface area contributed by atoms with Crippen LogP contribution in [0.25, 0.3) is 0 Å².